The molecule has 6 nitrogen and oxygen atoms in total. The van der Waals surface area contributed by atoms with Crippen molar-refractivity contribution < 1.29 is 14.3 Å². The molecule has 1 aliphatic rings. The summed E-state index contributed by atoms with van der Waals surface area (Å²) in [6, 6.07) is 13.9. The highest BCUT2D eigenvalue weighted by Crippen LogP contribution is 2.31. The molecule has 0 unspecified atom stereocenters. The maximum absolute atomic E-state index is 13.6. The molecule has 2 aromatic carbocycles. The zero-order valence-corrected chi connectivity index (χ0v) is 20.2. The maximum atomic E-state index is 13.6. The molecule has 3 aromatic rings. The number of methoxy groups -OCH3 is 1. The number of benzene rings is 2. The summed E-state index contributed by atoms with van der Waals surface area (Å²) in [5, 5.41) is 0.549. The number of hydrogen-bond acceptors (Lipinski definition) is 6. The van der Waals surface area contributed by atoms with Crippen molar-refractivity contribution in [1.82, 2.24) is 4.57 Å². The highest BCUT2D eigenvalue weighted by atomic mass is 35.5. The number of rotatable bonds is 5. The van der Waals surface area contributed by atoms with Crippen LogP contribution in [0.2, 0.25) is 5.02 Å². The molecule has 170 valence electrons. The van der Waals surface area contributed by atoms with Crippen molar-refractivity contribution in [3.63, 3.8) is 0 Å². The SMILES string of the molecule is COc1ccc([C@@H]2C(C(=O)OC(C)C)=C(C)N=c3s/c(=C\c4ccccc4Cl)c(=O)n32)cc1. The number of carbonyl (C=O) groups is 1. The third-order valence-electron chi connectivity index (χ3n) is 5.21. The van der Waals surface area contributed by atoms with E-state index < -0.39 is 12.0 Å². The molecule has 0 saturated heterocycles. The van der Waals surface area contributed by atoms with Crippen LogP contribution in [-0.4, -0.2) is 23.8 Å². The van der Waals surface area contributed by atoms with Gasteiger partial charge in [0, 0.05) is 5.02 Å². The van der Waals surface area contributed by atoms with Crippen LogP contribution in [0.5, 0.6) is 5.75 Å². The van der Waals surface area contributed by atoms with E-state index in [1.165, 1.54) is 11.3 Å². The van der Waals surface area contributed by atoms with Gasteiger partial charge in [-0.2, -0.15) is 0 Å². The van der Waals surface area contributed by atoms with E-state index in [2.05, 4.69) is 4.99 Å². The zero-order valence-electron chi connectivity index (χ0n) is 18.7. The van der Waals surface area contributed by atoms with E-state index in [1.54, 1.807) is 56.7 Å². The summed E-state index contributed by atoms with van der Waals surface area (Å²) in [6.07, 6.45) is 1.45. The van der Waals surface area contributed by atoms with Gasteiger partial charge >= 0.3 is 5.97 Å². The van der Waals surface area contributed by atoms with E-state index >= 15 is 0 Å². The Hall–Kier alpha value is -3.16. The number of halogens is 1. The molecule has 1 aliphatic heterocycles. The van der Waals surface area contributed by atoms with Gasteiger partial charge in [-0.3, -0.25) is 9.36 Å². The van der Waals surface area contributed by atoms with Crippen molar-refractivity contribution in [2.45, 2.75) is 32.9 Å². The fourth-order valence-corrected chi connectivity index (χ4v) is 4.92. The minimum atomic E-state index is -0.674. The average Bonchev–Trinajstić information content (AvgIpc) is 3.08. The van der Waals surface area contributed by atoms with Crippen LogP contribution < -0.4 is 19.6 Å². The summed E-state index contributed by atoms with van der Waals surface area (Å²) in [5.74, 6) is 0.185. The van der Waals surface area contributed by atoms with E-state index in [0.29, 0.717) is 31.4 Å². The summed E-state index contributed by atoms with van der Waals surface area (Å²) in [5.41, 5.74) is 2.10. The first-order valence-corrected chi connectivity index (χ1v) is 11.6. The Kier molecular flexibility index (Phi) is 6.54. The molecule has 0 amide bonds. The summed E-state index contributed by atoms with van der Waals surface area (Å²) < 4.78 is 12.8. The Labute approximate surface area is 200 Å². The Bertz CT molecular complexity index is 1420. The topological polar surface area (TPSA) is 69.9 Å². The van der Waals surface area contributed by atoms with Crippen molar-refractivity contribution in [2.75, 3.05) is 7.11 Å². The van der Waals surface area contributed by atoms with Crippen LogP contribution in [0.15, 0.2) is 69.6 Å². The minimum Gasteiger partial charge on any atom is -0.497 e. The summed E-state index contributed by atoms with van der Waals surface area (Å²) in [7, 11) is 1.59. The molecule has 0 N–H and O–H groups in total. The van der Waals surface area contributed by atoms with Crippen LogP contribution in [0, 0.1) is 0 Å². The van der Waals surface area contributed by atoms with E-state index in [4.69, 9.17) is 21.1 Å². The van der Waals surface area contributed by atoms with E-state index in [0.717, 1.165) is 11.1 Å². The van der Waals surface area contributed by atoms with Crippen molar-refractivity contribution in [3.05, 3.63) is 95.6 Å². The van der Waals surface area contributed by atoms with Crippen LogP contribution in [0.25, 0.3) is 6.08 Å². The lowest BCUT2D eigenvalue weighted by Crippen LogP contribution is -2.40. The molecule has 0 fully saturated rings. The predicted molar refractivity (Wildman–Crippen MR) is 129 cm³/mol. The summed E-state index contributed by atoms with van der Waals surface area (Å²) in [6.45, 7) is 5.34. The largest absolute Gasteiger partial charge is 0.497 e. The molecule has 4 rings (SSSR count). The number of aromatic nitrogens is 1. The Balaban J connectivity index is 1.95. The van der Waals surface area contributed by atoms with E-state index in [1.807, 2.05) is 30.3 Å². The van der Waals surface area contributed by atoms with Crippen LogP contribution in [-0.2, 0) is 9.53 Å². The molecule has 33 heavy (non-hydrogen) atoms. The van der Waals surface area contributed by atoms with Gasteiger partial charge in [-0.05, 0) is 56.2 Å². The lowest BCUT2D eigenvalue weighted by atomic mass is 9.96. The highest BCUT2D eigenvalue weighted by Gasteiger charge is 2.33. The lowest BCUT2D eigenvalue weighted by molar-refractivity contribution is -0.143. The molecular formula is C25H23ClN2O4S. The highest BCUT2D eigenvalue weighted by molar-refractivity contribution is 7.07. The van der Waals surface area contributed by atoms with E-state index in [9.17, 15) is 9.59 Å². The third-order valence-corrected chi connectivity index (χ3v) is 6.53. The average molecular weight is 483 g/mol. The van der Waals surface area contributed by atoms with Crippen molar-refractivity contribution >= 4 is 35.0 Å². The van der Waals surface area contributed by atoms with Crippen LogP contribution in [0.1, 0.15) is 37.9 Å². The third kappa shape index (κ3) is 4.51. The van der Waals surface area contributed by atoms with Gasteiger partial charge in [-0.25, -0.2) is 9.79 Å². The van der Waals surface area contributed by atoms with Gasteiger partial charge in [-0.1, -0.05) is 53.3 Å². The maximum Gasteiger partial charge on any atom is 0.338 e. The molecule has 0 bridgehead atoms. The first-order chi connectivity index (χ1) is 15.8. The van der Waals surface area contributed by atoms with Gasteiger partial charge in [0.1, 0.15) is 5.75 Å². The monoisotopic (exact) mass is 482 g/mol. The molecule has 0 spiro atoms. The number of nitrogens with zero attached hydrogens (tertiary/aromatic N) is 2. The molecule has 0 saturated carbocycles. The molecule has 0 radical (unpaired) electrons. The minimum absolute atomic E-state index is 0.248. The number of thiazole rings is 1. The van der Waals surface area contributed by atoms with Gasteiger partial charge in [0.2, 0.25) is 0 Å². The van der Waals surface area contributed by atoms with Crippen LogP contribution >= 0.6 is 22.9 Å². The molecular weight excluding hydrogens is 460 g/mol. The van der Waals surface area contributed by atoms with Gasteiger partial charge in [-0.15, -0.1) is 0 Å². The first kappa shape index (κ1) is 23.0. The second kappa shape index (κ2) is 9.37. The standard InChI is InChI=1S/C25H23ClN2O4S/c1-14(2)32-24(30)21-15(3)27-25-28(22(21)16-9-11-18(31-4)12-10-16)23(29)20(33-25)13-17-7-5-6-8-19(17)26/h5-14,22H,1-4H3/b20-13-/t22-/m1/s1. The van der Waals surface area contributed by atoms with Crippen molar-refractivity contribution in [3.8, 4) is 5.75 Å². The number of esters is 1. The van der Waals surface area contributed by atoms with Gasteiger partial charge in [0.25, 0.3) is 5.56 Å². The Morgan fingerprint density at radius 2 is 1.88 bits per heavy atom. The molecule has 1 aromatic heterocycles. The Morgan fingerprint density at radius 3 is 2.52 bits per heavy atom. The van der Waals surface area contributed by atoms with E-state index in [-0.39, 0.29) is 11.7 Å². The quantitative estimate of drug-likeness (QED) is 0.518. The number of hydrogen-bond donors (Lipinski definition) is 0. The van der Waals surface area contributed by atoms with Crippen LogP contribution in [0.4, 0.5) is 0 Å². The predicted octanol–water partition coefficient (Wildman–Crippen LogP) is 3.85. The summed E-state index contributed by atoms with van der Waals surface area (Å²) in [4.78, 5) is 31.8. The lowest BCUT2D eigenvalue weighted by Gasteiger charge is -2.25. The molecule has 8 heteroatoms. The number of fused-ring (bicyclic) bond motifs is 1. The van der Waals surface area contributed by atoms with Gasteiger partial charge < -0.3 is 9.47 Å². The zero-order chi connectivity index (χ0) is 23.7. The number of allylic oxidation sites excluding steroid dienone is 1. The number of carbonyl (C=O) groups excluding carboxylic acids is 1. The van der Waals surface area contributed by atoms with Crippen molar-refractivity contribution in [2.24, 2.45) is 4.99 Å². The van der Waals surface area contributed by atoms with Crippen LogP contribution in [0.3, 0.4) is 0 Å². The number of ether oxygens (including phenoxy) is 2. The second-order valence-corrected chi connectivity index (χ2v) is 9.25. The molecule has 2 heterocycles. The fraction of sp³-hybridized carbons (Fsp3) is 0.240. The molecule has 1 atom stereocenters. The van der Waals surface area contributed by atoms with Gasteiger partial charge in [0.15, 0.2) is 4.80 Å². The first-order valence-electron chi connectivity index (χ1n) is 10.4. The summed E-state index contributed by atoms with van der Waals surface area (Å²) >= 11 is 7.56. The van der Waals surface area contributed by atoms with Gasteiger partial charge in [0.05, 0.1) is 35.1 Å². The molecule has 0 aliphatic carbocycles. The van der Waals surface area contributed by atoms with Crippen molar-refractivity contribution in [1.29, 1.82) is 0 Å². The normalized spacial score (nSPS) is 15.9. The fourth-order valence-electron chi connectivity index (χ4n) is 3.70. The smallest absolute Gasteiger partial charge is 0.338 e. The Morgan fingerprint density at radius 1 is 1.18 bits per heavy atom. The second-order valence-electron chi connectivity index (χ2n) is 7.83.